The smallest absolute Gasteiger partial charge is 0.422 e. The van der Waals surface area contributed by atoms with Gasteiger partial charge in [0.2, 0.25) is 0 Å². The first kappa shape index (κ1) is 12.2. The van der Waals surface area contributed by atoms with E-state index in [1.54, 1.807) is 13.0 Å². The molecule has 0 radical (unpaired) electrons. The van der Waals surface area contributed by atoms with Crippen LogP contribution in [0, 0.1) is 6.92 Å². The molecule has 7 heteroatoms. The molecule has 86 valence electrons. The van der Waals surface area contributed by atoms with E-state index in [-0.39, 0.29) is 11.4 Å². The van der Waals surface area contributed by atoms with Crippen molar-refractivity contribution < 1.29 is 17.9 Å². The second kappa shape index (κ2) is 4.76. The first-order chi connectivity index (χ1) is 7.42. The molecule has 0 fully saturated rings. The number of benzene rings is 1. The van der Waals surface area contributed by atoms with Gasteiger partial charge < -0.3 is 4.74 Å². The lowest BCUT2D eigenvalue weighted by Gasteiger charge is -2.11. The Balaban J connectivity index is 2.91. The zero-order valence-electron chi connectivity index (χ0n) is 8.32. The molecule has 0 atom stereocenters. The van der Waals surface area contributed by atoms with Crippen molar-refractivity contribution in [3.63, 3.8) is 0 Å². The highest BCUT2D eigenvalue weighted by Crippen LogP contribution is 2.30. The van der Waals surface area contributed by atoms with Crippen LogP contribution in [-0.4, -0.2) is 12.8 Å². The van der Waals surface area contributed by atoms with E-state index in [0.717, 1.165) is 5.56 Å². The predicted octanol–water partition coefficient (Wildman–Crippen LogP) is 3.88. The summed E-state index contributed by atoms with van der Waals surface area (Å²) in [6.07, 6.45) is -4.42. The summed E-state index contributed by atoms with van der Waals surface area (Å²) >= 11 is 0. The van der Waals surface area contributed by atoms with Gasteiger partial charge in [-0.1, -0.05) is 16.7 Å². The lowest BCUT2D eigenvalue weighted by Crippen LogP contribution is -2.19. The number of aryl methyl sites for hydroxylation is 1. The Morgan fingerprint density at radius 2 is 2.12 bits per heavy atom. The summed E-state index contributed by atoms with van der Waals surface area (Å²) in [7, 11) is 0. The topological polar surface area (TPSA) is 58.0 Å². The minimum absolute atomic E-state index is 0.0479. The Kier molecular flexibility index (Phi) is 3.63. The van der Waals surface area contributed by atoms with E-state index < -0.39 is 12.8 Å². The number of hydrogen-bond donors (Lipinski definition) is 0. The van der Waals surface area contributed by atoms with Crippen LogP contribution in [0.3, 0.4) is 0 Å². The van der Waals surface area contributed by atoms with Gasteiger partial charge in [-0.2, -0.15) is 13.2 Å². The molecule has 0 spiro atoms. The van der Waals surface area contributed by atoms with Crippen LogP contribution in [0.2, 0.25) is 0 Å². The van der Waals surface area contributed by atoms with Gasteiger partial charge >= 0.3 is 6.18 Å². The van der Waals surface area contributed by atoms with Gasteiger partial charge in [-0.15, -0.1) is 0 Å². The first-order valence-corrected chi connectivity index (χ1v) is 4.27. The van der Waals surface area contributed by atoms with Crippen LogP contribution in [0.15, 0.2) is 23.3 Å². The molecule has 1 aromatic carbocycles. The van der Waals surface area contributed by atoms with Gasteiger partial charge in [0.05, 0.1) is 5.69 Å². The average molecular weight is 231 g/mol. The van der Waals surface area contributed by atoms with E-state index in [4.69, 9.17) is 5.53 Å². The van der Waals surface area contributed by atoms with Crippen LogP contribution in [0.1, 0.15) is 5.56 Å². The Bertz CT molecular complexity index is 424. The normalized spacial score (nSPS) is 10.8. The minimum atomic E-state index is -4.42. The van der Waals surface area contributed by atoms with E-state index in [2.05, 4.69) is 14.8 Å². The van der Waals surface area contributed by atoms with Crippen molar-refractivity contribution in [1.29, 1.82) is 0 Å². The van der Waals surface area contributed by atoms with Gasteiger partial charge in [-0.3, -0.25) is 0 Å². The van der Waals surface area contributed by atoms with Gasteiger partial charge in [-0.25, -0.2) is 0 Å². The Morgan fingerprint density at radius 1 is 1.44 bits per heavy atom. The average Bonchev–Trinajstić information content (AvgIpc) is 2.15. The van der Waals surface area contributed by atoms with Gasteiger partial charge in [0, 0.05) is 4.91 Å². The molecular formula is C9H8F3N3O. The lowest BCUT2D eigenvalue weighted by atomic mass is 10.2. The van der Waals surface area contributed by atoms with Crippen molar-refractivity contribution in [1.82, 2.24) is 0 Å². The summed E-state index contributed by atoms with van der Waals surface area (Å²) in [6.45, 7) is 0.313. The minimum Gasteiger partial charge on any atom is -0.484 e. The van der Waals surface area contributed by atoms with Crippen LogP contribution >= 0.6 is 0 Å². The van der Waals surface area contributed by atoms with Crippen LogP contribution in [0.4, 0.5) is 18.9 Å². The van der Waals surface area contributed by atoms with E-state index in [1.807, 2.05) is 0 Å². The van der Waals surface area contributed by atoms with Crippen molar-refractivity contribution in [3.8, 4) is 5.75 Å². The highest BCUT2D eigenvalue weighted by molar-refractivity contribution is 5.53. The summed E-state index contributed by atoms with van der Waals surface area (Å²) in [6, 6.07) is 4.36. The quantitative estimate of drug-likeness (QED) is 0.442. The third kappa shape index (κ3) is 3.70. The van der Waals surface area contributed by atoms with Crippen molar-refractivity contribution in [2.24, 2.45) is 5.11 Å². The fraction of sp³-hybridized carbons (Fsp3) is 0.333. The standard InChI is InChI=1S/C9H8F3N3O/c1-6-2-3-8(7(4-6)14-15-13)16-5-9(10,11)12/h2-4H,5H2,1H3. The second-order valence-corrected chi connectivity index (χ2v) is 3.06. The molecular weight excluding hydrogens is 223 g/mol. The summed E-state index contributed by atoms with van der Waals surface area (Å²) in [5, 5.41) is 3.26. The number of halogens is 3. The molecule has 0 unspecified atom stereocenters. The lowest BCUT2D eigenvalue weighted by molar-refractivity contribution is -0.153. The number of alkyl halides is 3. The first-order valence-electron chi connectivity index (χ1n) is 4.27. The number of ether oxygens (including phenoxy) is 1. The fourth-order valence-electron chi connectivity index (χ4n) is 1.04. The molecule has 0 N–H and O–H groups in total. The van der Waals surface area contributed by atoms with Crippen LogP contribution in [-0.2, 0) is 0 Å². The molecule has 16 heavy (non-hydrogen) atoms. The second-order valence-electron chi connectivity index (χ2n) is 3.06. The zero-order chi connectivity index (χ0) is 12.2. The summed E-state index contributed by atoms with van der Waals surface area (Å²) in [4.78, 5) is 2.52. The molecule has 0 bridgehead atoms. The third-order valence-corrected chi connectivity index (χ3v) is 1.66. The maximum absolute atomic E-state index is 11.9. The third-order valence-electron chi connectivity index (χ3n) is 1.66. The number of rotatable bonds is 3. The largest absolute Gasteiger partial charge is 0.484 e. The predicted molar refractivity (Wildman–Crippen MR) is 51.5 cm³/mol. The van der Waals surface area contributed by atoms with Gasteiger partial charge in [0.25, 0.3) is 0 Å². The number of nitrogens with zero attached hydrogens (tertiary/aromatic N) is 3. The van der Waals surface area contributed by atoms with Gasteiger partial charge in [-0.05, 0) is 24.6 Å². The molecule has 0 aliphatic rings. The highest BCUT2D eigenvalue weighted by atomic mass is 19.4. The Morgan fingerprint density at radius 3 is 2.69 bits per heavy atom. The molecule has 1 aromatic rings. The molecule has 1 rings (SSSR count). The Labute approximate surface area is 89.3 Å². The van der Waals surface area contributed by atoms with Gasteiger partial charge in [0.1, 0.15) is 5.75 Å². The molecule has 0 saturated heterocycles. The maximum atomic E-state index is 11.9. The van der Waals surface area contributed by atoms with E-state index >= 15 is 0 Å². The molecule has 0 aromatic heterocycles. The van der Waals surface area contributed by atoms with Crippen molar-refractivity contribution in [2.45, 2.75) is 13.1 Å². The summed E-state index contributed by atoms with van der Waals surface area (Å²) in [5.74, 6) is -0.0827. The van der Waals surface area contributed by atoms with Crippen LogP contribution in [0.25, 0.3) is 10.4 Å². The fourth-order valence-corrected chi connectivity index (χ4v) is 1.04. The monoisotopic (exact) mass is 231 g/mol. The molecule has 0 aliphatic carbocycles. The summed E-state index contributed by atoms with van der Waals surface area (Å²) in [5.41, 5.74) is 9.06. The van der Waals surface area contributed by atoms with Crippen molar-refractivity contribution in [2.75, 3.05) is 6.61 Å². The SMILES string of the molecule is Cc1ccc(OCC(F)(F)F)c(N=[N+]=[N-])c1. The van der Waals surface area contributed by atoms with E-state index in [0.29, 0.717) is 0 Å². The molecule has 0 amide bonds. The molecule has 0 saturated carbocycles. The van der Waals surface area contributed by atoms with Crippen molar-refractivity contribution >= 4 is 5.69 Å². The zero-order valence-corrected chi connectivity index (χ0v) is 8.32. The van der Waals surface area contributed by atoms with Crippen molar-refractivity contribution in [3.05, 3.63) is 34.2 Å². The van der Waals surface area contributed by atoms with E-state index in [1.165, 1.54) is 12.1 Å². The Hall–Kier alpha value is -1.88. The van der Waals surface area contributed by atoms with E-state index in [9.17, 15) is 13.2 Å². The molecule has 0 heterocycles. The number of hydrogen-bond acceptors (Lipinski definition) is 2. The number of azide groups is 1. The summed E-state index contributed by atoms with van der Waals surface area (Å²) < 4.78 is 40.2. The van der Waals surface area contributed by atoms with Crippen LogP contribution < -0.4 is 4.74 Å². The van der Waals surface area contributed by atoms with Gasteiger partial charge in [0.15, 0.2) is 6.61 Å². The van der Waals surface area contributed by atoms with Crippen LogP contribution in [0.5, 0.6) is 5.75 Å². The maximum Gasteiger partial charge on any atom is 0.422 e. The highest BCUT2D eigenvalue weighted by Gasteiger charge is 2.28. The molecule has 4 nitrogen and oxygen atoms in total. The molecule has 0 aliphatic heterocycles.